The van der Waals surface area contributed by atoms with E-state index in [9.17, 15) is 4.79 Å². The van der Waals surface area contributed by atoms with Crippen LogP contribution in [0.3, 0.4) is 0 Å². The van der Waals surface area contributed by atoms with Gasteiger partial charge in [0.1, 0.15) is 13.1 Å². The SMILES string of the molecule is O=C1CCCC2=C1C[NH+](Cc1ccccc1)CN2C1CCCCC1. The molecule has 1 fully saturated rings. The van der Waals surface area contributed by atoms with Gasteiger partial charge in [-0.1, -0.05) is 49.6 Å². The molecule has 0 saturated heterocycles. The standard InChI is InChI=1S/C21H28N2O/c24-21-13-7-12-20-19(21)15-22(14-17-8-3-1-4-9-17)16-23(20)18-10-5-2-6-11-18/h1,3-4,8-9,18H,2,5-7,10-16H2/p+1. The Bertz CT molecular complexity index is 616. The first-order valence-corrected chi connectivity index (χ1v) is 9.70. The van der Waals surface area contributed by atoms with Crippen LogP contribution in [0, 0.1) is 0 Å². The second kappa shape index (κ2) is 7.10. The maximum absolute atomic E-state index is 12.6. The summed E-state index contributed by atoms with van der Waals surface area (Å²) in [5.41, 5.74) is 3.95. The Kier molecular flexibility index (Phi) is 4.70. The first-order chi connectivity index (χ1) is 11.8. The van der Waals surface area contributed by atoms with Gasteiger partial charge < -0.3 is 9.80 Å². The van der Waals surface area contributed by atoms with Crippen molar-refractivity contribution < 1.29 is 9.69 Å². The number of nitrogens with zero attached hydrogens (tertiary/aromatic N) is 1. The van der Waals surface area contributed by atoms with Crippen molar-refractivity contribution in [3.8, 4) is 0 Å². The zero-order chi connectivity index (χ0) is 16.4. The Balaban J connectivity index is 1.58. The molecule has 0 aromatic heterocycles. The summed E-state index contributed by atoms with van der Waals surface area (Å²) in [4.78, 5) is 16.7. The van der Waals surface area contributed by atoms with Crippen LogP contribution in [0.15, 0.2) is 41.6 Å². The summed E-state index contributed by atoms with van der Waals surface area (Å²) in [6, 6.07) is 11.4. The smallest absolute Gasteiger partial charge is 0.166 e. The third kappa shape index (κ3) is 3.27. The molecular formula is C21H29N2O+. The molecule has 1 aromatic carbocycles. The number of carbonyl (C=O) groups excluding carboxylic acids is 1. The lowest BCUT2D eigenvalue weighted by Crippen LogP contribution is -3.13. The fourth-order valence-electron chi connectivity index (χ4n) is 4.78. The van der Waals surface area contributed by atoms with Crippen molar-refractivity contribution in [1.29, 1.82) is 0 Å². The molecule has 1 heterocycles. The van der Waals surface area contributed by atoms with Crippen molar-refractivity contribution in [2.45, 2.75) is 64.0 Å². The largest absolute Gasteiger partial charge is 0.325 e. The number of hydrogen-bond acceptors (Lipinski definition) is 2. The van der Waals surface area contributed by atoms with Gasteiger partial charge in [-0.3, -0.25) is 4.79 Å². The predicted octanol–water partition coefficient (Wildman–Crippen LogP) is 2.68. The maximum atomic E-state index is 12.6. The summed E-state index contributed by atoms with van der Waals surface area (Å²) in [5, 5.41) is 0. The Morgan fingerprint density at radius 3 is 2.58 bits per heavy atom. The molecule has 24 heavy (non-hydrogen) atoms. The lowest BCUT2D eigenvalue weighted by atomic mass is 9.88. The summed E-state index contributed by atoms with van der Waals surface area (Å²) >= 11 is 0. The van der Waals surface area contributed by atoms with Gasteiger partial charge in [-0.05, 0) is 25.7 Å². The first-order valence-electron chi connectivity index (χ1n) is 9.70. The first kappa shape index (κ1) is 15.9. The number of nitrogens with one attached hydrogen (secondary N) is 1. The monoisotopic (exact) mass is 325 g/mol. The molecule has 1 unspecified atom stereocenters. The summed E-state index contributed by atoms with van der Waals surface area (Å²) in [6.07, 6.45) is 9.64. The molecule has 1 aliphatic heterocycles. The van der Waals surface area contributed by atoms with E-state index in [4.69, 9.17) is 0 Å². The predicted molar refractivity (Wildman–Crippen MR) is 95.4 cm³/mol. The van der Waals surface area contributed by atoms with Gasteiger partial charge in [-0.2, -0.15) is 0 Å². The van der Waals surface area contributed by atoms with Crippen LogP contribution in [0.4, 0.5) is 0 Å². The van der Waals surface area contributed by atoms with Crippen molar-refractivity contribution in [1.82, 2.24) is 4.90 Å². The molecule has 3 heteroatoms. The van der Waals surface area contributed by atoms with Crippen LogP contribution in [0.5, 0.6) is 0 Å². The van der Waals surface area contributed by atoms with Crippen molar-refractivity contribution in [3.63, 3.8) is 0 Å². The molecule has 0 bridgehead atoms. The van der Waals surface area contributed by atoms with Crippen molar-refractivity contribution in [3.05, 3.63) is 47.2 Å². The Morgan fingerprint density at radius 1 is 1.00 bits per heavy atom. The average molecular weight is 325 g/mol. The number of carbonyl (C=O) groups is 1. The minimum absolute atomic E-state index is 0.419. The minimum Gasteiger partial charge on any atom is -0.325 e. The van der Waals surface area contributed by atoms with Crippen LogP contribution in [0.2, 0.25) is 0 Å². The van der Waals surface area contributed by atoms with Gasteiger partial charge >= 0.3 is 0 Å². The van der Waals surface area contributed by atoms with Crippen molar-refractivity contribution in [2.75, 3.05) is 13.2 Å². The van der Waals surface area contributed by atoms with Crippen LogP contribution < -0.4 is 4.90 Å². The lowest BCUT2D eigenvalue weighted by molar-refractivity contribution is -0.921. The number of ketones is 1. The molecule has 1 aromatic rings. The Hall–Kier alpha value is -1.61. The number of hydrogen-bond donors (Lipinski definition) is 1. The normalized spacial score (nSPS) is 25.8. The van der Waals surface area contributed by atoms with Crippen LogP contribution in [0.1, 0.15) is 56.9 Å². The molecule has 3 nitrogen and oxygen atoms in total. The topological polar surface area (TPSA) is 24.8 Å². The maximum Gasteiger partial charge on any atom is 0.166 e. The van der Waals surface area contributed by atoms with Crippen LogP contribution in [0.25, 0.3) is 0 Å². The van der Waals surface area contributed by atoms with Crippen molar-refractivity contribution in [2.24, 2.45) is 0 Å². The van der Waals surface area contributed by atoms with Gasteiger partial charge in [-0.25, -0.2) is 0 Å². The highest BCUT2D eigenvalue weighted by Gasteiger charge is 2.36. The fourth-order valence-corrected chi connectivity index (χ4v) is 4.78. The van der Waals surface area contributed by atoms with Gasteiger partial charge in [0.15, 0.2) is 12.5 Å². The highest BCUT2D eigenvalue weighted by molar-refractivity contribution is 5.97. The fraction of sp³-hybridized carbons (Fsp3) is 0.571. The second-order valence-electron chi connectivity index (χ2n) is 7.71. The number of Topliss-reactive ketones (excluding diaryl/α,β-unsaturated/α-hetero) is 1. The summed E-state index contributed by atoms with van der Waals surface area (Å²) in [7, 11) is 0. The molecule has 2 aliphatic carbocycles. The molecule has 0 amide bonds. The van der Waals surface area contributed by atoms with Crippen molar-refractivity contribution >= 4 is 5.78 Å². The summed E-state index contributed by atoms with van der Waals surface area (Å²) in [5.74, 6) is 0.419. The second-order valence-corrected chi connectivity index (χ2v) is 7.71. The molecule has 1 saturated carbocycles. The third-order valence-corrected chi connectivity index (χ3v) is 5.98. The lowest BCUT2D eigenvalue weighted by Gasteiger charge is -2.44. The molecule has 1 N–H and O–H groups in total. The number of rotatable bonds is 3. The molecule has 128 valence electrons. The molecule has 4 rings (SSSR count). The van der Waals surface area contributed by atoms with Gasteiger partial charge in [0.05, 0.1) is 5.57 Å². The number of allylic oxidation sites excluding steroid dienone is 1. The quantitative estimate of drug-likeness (QED) is 0.924. The number of benzene rings is 1. The Morgan fingerprint density at radius 2 is 1.79 bits per heavy atom. The summed E-state index contributed by atoms with van der Waals surface area (Å²) in [6.45, 7) is 3.02. The molecule has 0 radical (unpaired) electrons. The average Bonchev–Trinajstić information content (AvgIpc) is 2.63. The van der Waals surface area contributed by atoms with E-state index in [2.05, 4.69) is 35.2 Å². The highest BCUT2D eigenvalue weighted by Crippen LogP contribution is 2.32. The van der Waals surface area contributed by atoms with Crippen LogP contribution in [-0.4, -0.2) is 29.9 Å². The van der Waals surface area contributed by atoms with Crippen LogP contribution in [-0.2, 0) is 11.3 Å². The molecule has 1 atom stereocenters. The van der Waals surface area contributed by atoms with E-state index in [1.165, 1.54) is 48.3 Å². The van der Waals surface area contributed by atoms with E-state index < -0.39 is 0 Å². The zero-order valence-electron chi connectivity index (χ0n) is 14.6. The van der Waals surface area contributed by atoms with Gasteiger partial charge in [-0.15, -0.1) is 0 Å². The minimum atomic E-state index is 0.419. The van der Waals surface area contributed by atoms with E-state index in [1.807, 2.05) is 0 Å². The van der Waals surface area contributed by atoms with Gasteiger partial charge in [0, 0.05) is 23.7 Å². The van der Waals surface area contributed by atoms with Gasteiger partial charge in [0.2, 0.25) is 0 Å². The van der Waals surface area contributed by atoms with Gasteiger partial charge in [0.25, 0.3) is 0 Å². The van der Waals surface area contributed by atoms with E-state index in [0.29, 0.717) is 11.8 Å². The Labute approximate surface area is 145 Å². The third-order valence-electron chi connectivity index (χ3n) is 5.98. The van der Waals surface area contributed by atoms with E-state index in [1.54, 1.807) is 0 Å². The molecular weight excluding hydrogens is 296 g/mol. The highest BCUT2D eigenvalue weighted by atomic mass is 16.1. The van der Waals surface area contributed by atoms with E-state index >= 15 is 0 Å². The molecule has 0 spiro atoms. The van der Waals surface area contributed by atoms with E-state index in [-0.39, 0.29) is 0 Å². The zero-order valence-corrected chi connectivity index (χ0v) is 14.6. The van der Waals surface area contributed by atoms with E-state index in [0.717, 1.165) is 44.6 Å². The summed E-state index contributed by atoms with van der Waals surface area (Å²) < 4.78 is 0. The number of quaternary nitrogens is 1. The molecule has 3 aliphatic rings. The van der Waals surface area contributed by atoms with Crippen LogP contribution >= 0.6 is 0 Å².